The normalized spacial score (nSPS) is 11.0. The first kappa shape index (κ1) is 13.6. The standard InChI is InChI=1S/C19H14FN3/c1-13-6-5-11-21-18(13)23-17-10-3-2-9-16(17)22-19(23)14-7-4-8-15(20)12-14/h2-12H,1H3. The van der Waals surface area contributed by atoms with Crippen LogP contribution in [0.1, 0.15) is 5.56 Å². The lowest BCUT2D eigenvalue weighted by atomic mass is 10.2. The van der Waals surface area contributed by atoms with Crippen LogP contribution in [0.2, 0.25) is 0 Å². The Kier molecular flexibility index (Phi) is 3.15. The molecule has 0 bridgehead atoms. The number of imidazole rings is 1. The molecule has 2 aromatic heterocycles. The molecule has 0 atom stereocenters. The van der Waals surface area contributed by atoms with Crippen molar-refractivity contribution in [1.82, 2.24) is 14.5 Å². The Morgan fingerprint density at radius 1 is 0.957 bits per heavy atom. The van der Waals surface area contributed by atoms with E-state index in [1.54, 1.807) is 12.3 Å². The molecule has 0 N–H and O–H groups in total. The average molecular weight is 303 g/mol. The zero-order chi connectivity index (χ0) is 15.8. The first-order valence-corrected chi connectivity index (χ1v) is 7.39. The maximum absolute atomic E-state index is 13.7. The summed E-state index contributed by atoms with van der Waals surface area (Å²) in [7, 11) is 0. The van der Waals surface area contributed by atoms with Gasteiger partial charge in [0.05, 0.1) is 11.0 Å². The van der Waals surface area contributed by atoms with Crippen molar-refractivity contribution in [1.29, 1.82) is 0 Å². The van der Waals surface area contributed by atoms with Crippen molar-refractivity contribution >= 4 is 11.0 Å². The molecule has 0 spiro atoms. The van der Waals surface area contributed by atoms with Crippen LogP contribution < -0.4 is 0 Å². The van der Waals surface area contributed by atoms with Gasteiger partial charge < -0.3 is 0 Å². The predicted molar refractivity (Wildman–Crippen MR) is 89.0 cm³/mol. The second-order valence-electron chi connectivity index (χ2n) is 5.41. The maximum atomic E-state index is 13.7. The molecular formula is C19H14FN3. The van der Waals surface area contributed by atoms with Gasteiger partial charge in [0.1, 0.15) is 17.5 Å². The van der Waals surface area contributed by atoms with Crippen molar-refractivity contribution < 1.29 is 4.39 Å². The van der Waals surface area contributed by atoms with Gasteiger partial charge in [-0.1, -0.05) is 30.3 Å². The highest BCUT2D eigenvalue weighted by Gasteiger charge is 2.16. The fourth-order valence-corrected chi connectivity index (χ4v) is 2.77. The van der Waals surface area contributed by atoms with Gasteiger partial charge in [-0.15, -0.1) is 0 Å². The molecule has 4 aromatic rings. The molecule has 112 valence electrons. The quantitative estimate of drug-likeness (QED) is 0.544. The summed E-state index contributed by atoms with van der Waals surface area (Å²) in [6.07, 6.45) is 1.76. The van der Waals surface area contributed by atoms with Crippen molar-refractivity contribution in [2.75, 3.05) is 0 Å². The molecule has 23 heavy (non-hydrogen) atoms. The molecule has 3 nitrogen and oxygen atoms in total. The van der Waals surface area contributed by atoms with Crippen molar-refractivity contribution in [3.8, 4) is 17.2 Å². The molecule has 0 aliphatic heterocycles. The van der Waals surface area contributed by atoms with Crippen LogP contribution in [-0.4, -0.2) is 14.5 Å². The fraction of sp³-hybridized carbons (Fsp3) is 0.0526. The Morgan fingerprint density at radius 2 is 1.83 bits per heavy atom. The van der Waals surface area contributed by atoms with E-state index in [0.717, 1.165) is 28.0 Å². The molecular weight excluding hydrogens is 289 g/mol. The zero-order valence-corrected chi connectivity index (χ0v) is 12.6. The van der Waals surface area contributed by atoms with Crippen LogP contribution in [-0.2, 0) is 0 Å². The first-order chi connectivity index (χ1) is 11.2. The minimum Gasteiger partial charge on any atom is -0.276 e. The molecule has 4 rings (SSSR count). The van der Waals surface area contributed by atoms with E-state index in [-0.39, 0.29) is 5.82 Å². The predicted octanol–water partition coefficient (Wildman–Crippen LogP) is 4.54. The number of nitrogens with zero attached hydrogens (tertiary/aromatic N) is 3. The highest BCUT2D eigenvalue weighted by atomic mass is 19.1. The minimum atomic E-state index is -0.279. The van der Waals surface area contributed by atoms with Crippen LogP contribution in [0.4, 0.5) is 4.39 Å². The first-order valence-electron chi connectivity index (χ1n) is 7.39. The van der Waals surface area contributed by atoms with E-state index < -0.39 is 0 Å². The van der Waals surface area contributed by atoms with Crippen LogP contribution in [0.5, 0.6) is 0 Å². The number of pyridine rings is 1. The van der Waals surface area contributed by atoms with E-state index in [1.807, 2.05) is 54.0 Å². The van der Waals surface area contributed by atoms with Crippen LogP contribution in [0, 0.1) is 12.7 Å². The van der Waals surface area contributed by atoms with Gasteiger partial charge in [0.15, 0.2) is 0 Å². The summed E-state index contributed by atoms with van der Waals surface area (Å²) in [5.74, 6) is 1.21. The molecule has 4 heteroatoms. The van der Waals surface area contributed by atoms with Crippen molar-refractivity contribution in [2.24, 2.45) is 0 Å². The number of benzene rings is 2. The van der Waals surface area contributed by atoms with Gasteiger partial charge in [0, 0.05) is 11.8 Å². The Bertz CT molecular complexity index is 1000. The van der Waals surface area contributed by atoms with Gasteiger partial charge in [-0.25, -0.2) is 14.4 Å². The van der Waals surface area contributed by atoms with E-state index in [4.69, 9.17) is 4.98 Å². The molecule has 0 saturated heterocycles. The summed E-state index contributed by atoms with van der Waals surface area (Å²) < 4.78 is 15.7. The average Bonchev–Trinajstić information content (AvgIpc) is 2.95. The summed E-state index contributed by atoms with van der Waals surface area (Å²) in [6.45, 7) is 2.01. The lowest BCUT2D eigenvalue weighted by molar-refractivity contribution is 0.628. The third-order valence-corrected chi connectivity index (χ3v) is 3.84. The van der Waals surface area contributed by atoms with Crippen molar-refractivity contribution in [2.45, 2.75) is 6.92 Å². The smallest absolute Gasteiger partial charge is 0.147 e. The lowest BCUT2D eigenvalue weighted by Gasteiger charge is -2.11. The second-order valence-corrected chi connectivity index (χ2v) is 5.41. The highest BCUT2D eigenvalue weighted by molar-refractivity contribution is 5.83. The van der Waals surface area contributed by atoms with Crippen LogP contribution in [0.3, 0.4) is 0 Å². The van der Waals surface area contributed by atoms with Crippen molar-refractivity contribution in [3.05, 3.63) is 78.2 Å². The number of rotatable bonds is 2. The number of para-hydroxylation sites is 2. The Balaban J connectivity index is 2.09. The van der Waals surface area contributed by atoms with E-state index in [1.165, 1.54) is 12.1 Å². The van der Waals surface area contributed by atoms with Crippen molar-refractivity contribution in [3.63, 3.8) is 0 Å². The Hall–Kier alpha value is -3.01. The number of hydrogen-bond acceptors (Lipinski definition) is 2. The van der Waals surface area contributed by atoms with Gasteiger partial charge in [0.25, 0.3) is 0 Å². The van der Waals surface area contributed by atoms with Crippen LogP contribution >= 0.6 is 0 Å². The third kappa shape index (κ3) is 2.28. The number of halogens is 1. The van der Waals surface area contributed by atoms with E-state index >= 15 is 0 Å². The Labute approximate surface area is 133 Å². The number of fused-ring (bicyclic) bond motifs is 1. The van der Waals surface area contributed by atoms with E-state index in [9.17, 15) is 4.39 Å². The molecule has 0 amide bonds. The number of aryl methyl sites for hydroxylation is 1. The van der Waals surface area contributed by atoms with Gasteiger partial charge in [-0.3, -0.25) is 4.57 Å². The summed E-state index contributed by atoms with van der Waals surface area (Å²) in [6, 6.07) is 18.3. The summed E-state index contributed by atoms with van der Waals surface area (Å²) >= 11 is 0. The molecule has 0 unspecified atom stereocenters. The van der Waals surface area contributed by atoms with Gasteiger partial charge in [0.2, 0.25) is 0 Å². The third-order valence-electron chi connectivity index (χ3n) is 3.84. The lowest BCUT2D eigenvalue weighted by Crippen LogP contribution is -2.02. The SMILES string of the molecule is Cc1cccnc1-n1c(-c2cccc(F)c2)nc2ccccc21. The molecule has 0 radical (unpaired) electrons. The molecule has 0 fully saturated rings. The highest BCUT2D eigenvalue weighted by Crippen LogP contribution is 2.29. The summed E-state index contributed by atoms with van der Waals surface area (Å²) in [5.41, 5.74) is 3.57. The number of hydrogen-bond donors (Lipinski definition) is 0. The van der Waals surface area contributed by atoms with Crippen LogP contribution in [0.25, 0.3) is 28.2 Å². The van der Waals surface area contributed by atoms with Crippen LogP contribution in [0.15, 0.2) is 66.9 Å². The largest absolute Gasteiger partial charge is 0.276 e. The minimum absolute atomic E-state index is 0.279. The van der Waals surface area contributed by atoms with Gasteiger partial charge in [-0.05, 0) is 42.8 Å². The van der Waals surface area contributed by atoms with Gasteiger partial charge in [-0.2, -0.15) is 0 Å². The van der Waals surface area contributed by atoms with Gasteiger partial charge >= 0.3 is 0 Å². The zero-order valence-electron chi connectivity index (χ0n) is 12.6. The van der Waals surface area contributed by atoms with E-state index in [0.29, 0.717) is 5.82 Å². The maximum Gasteiger partial charge on any atom is 0.147 e. The second kappa shape index (κ2) is 5.32. The summed E-state index contributed by atoms with van der Waals surface area (Å²) in [4.78, 5) is 9.21. The monoisotopic (exact) mass is 303 g/mol. The Morgan fingerprint density at radius 3 is 2.65 bits per heavy atom. The molecule has 0 aliphatic rings. The molecule has 0 aliphatic carbocycles. The topological polar surface area (TPSA) is 30.7 Å². The molecule has 0 saturated carbocycles. The summed E-state index contributed by atoms with van der Waals surface area (Å²) in [5, 5.41) is 0. The fourth-order valence-electron chi connectivity index (χ4n) is 2.77. The van der Waals surface area contributed by atoms with E-state index in [2.05, 4.69) is 4.98 Å². The molecule has 2 heterocycles. The molecule has 2 aromatic carbocycles. The number of aromatic nitrogens is 3.